The number of carboxylic acid groups (broad SMARTS) is 1. The SMILES string of the molecule is CC/C=C\C/C=C\C/C=C\CC[C@@H](CCCC)C(C(=O)O)[C@H](O)CCO. The fraction of sp³-hybridized carbons (Fsp3) is 0.682. The molecule has 1 unspecified atom stereocenters. The largest absolute Gasteiger partial charge is 0.481 e. The van der Waals surface area contributed by atoms with Gasteiger partial charge in [-0.2, -0.15) is 0 Å². The Balaban J connectivity index is 4.49. The number of carbonyl (C=O) groups is 1. The Hall–Kier alpha value is -1.39. The average Bonchev–Trinajstić information content (AvgIpc) is 2.60. The second-order valence-electron chi connectivity index (χ2n) is 6.72. The van der Waals surface area contributed by atoms with Crippen LogP contribution in [0.5, 0.6) is 0 Å². The predicted octanol–water partition coefficient (Wildman–Crippen LogP) is 4.88. The third-order valence-electron chi connectivity index (χ3n) is 4.55. The summed E-state index contributed by atoms with van der Waals surface area (Å²) in [5, 5.41) is 28.7. The Kier molecular flexibility index (Phi) is 16.1. The Morgan fingerprint density at radius 2 is 1.54 bits per heavy atom. The van der Waals surface area contributed by atoms with Gasteiger partial charge < -0.3 is 15.3 Å². The Bertz CT molecular complexity index is 426. The molecule has 0 saturated heterocycles. The lowest BCUT2D eigenvalue weighted by Crippen LogP contribution is -2.35. The maximum Gasteiger partial charge on any atom is 0.309 e. The molecule has 4 nitrogen and oxygen atoms in total. The number of hydrogen-bond acceptors (Lipinski definition) is 3. The molecule has 150 valence electrons. The first-order valence-corrected chi connectivity index (χ1v) is 10.0. The van der Waals surface area contributed by atoms with Gasteiger partial charge in [0.15, 0.2) is 0 Å². The number of rotatable bonds is 16. The fourth-order valence-corrected chi connectivity index (χ4v) is 3.10. The molecule has 0 aliphatic carbocycles. The van der Waals surface area contributed by atoms with E-state index >= 15 is 0 Å². The third-order valence-corrected chi connectivity index (χ3v) is 4.55. The topological polar surface area (TPSA) is 77.8 Å². The second kappa shape index (κ2) is 17.0. The maximum absolute atomic E-state index is 11.6. The molecule has 0 aromatic heterocycles. The zero-order valence-electron chi connectivity index (χ0n) is 16.5. The highest BCUT2D eigenvalue weighted by Crippen LogP contribution is 2.28. The summed E-state index contributed by atoms with van der Waals surface area (Å²) >= 11 is 0. The molecule has 0 heterocycles. The molecule has 0 aliphatic rings. The molecule has 0 saturated carbocycles. The van der Waals surface area contributed by atoms with E-state index in [0.717, 1.165) is 51.4 Å². The number of aliphatic carboxylic acids is 1. The van der Waals surface area contributed by atoms with Crippen molar-refractivity contribution >= 4 is 5.97 Å². The van der Waals surface area contributed by atoms with Crippen molar-refractivity contribution < 1.29 is 20.1 Å². The lowest BCUT2D eigenvalue weighted by atomic mass is 9.80. The summed E-state index contributed by atoms with van der Waals surface area (Å²) in [6.45, 7) is 4.01. The van der Waals surface area contributed by atoms with Crippen molar-refractivity contribution in [1.29, 1.82) is 0 Å². The fourth-order valence-electron chi connectivity index (χ4n) is 3.10. The predicted molar refractivity (Wildman–Crippen MR) is 108 cm³/mol. The summed E-state index contributed by atoms with van der Waals surface area (Å²) in [5.74, 6) is -1.82. The van der Waals surface area contributed by atoms with Crippen molar-refractivity contribution in [2.75, 3.05) is 6.61 Å². The van der Waals surface area contributed by atoms with Gasteiger partial charge in [-0.1, -0.05) is 63.1 Å². The summed E-state index contributed by atoms with van der Waals surface area (Å²) in [7, 11) is 0. The van der Waals surface area contributed by atoms with Crippen LogP contribution in [0, 0.1) is 11.8 Å². The normalized spacial score (nSPS) is 15.8. The van der Waals surface area contributed by atoms with Gasteiger partial charge in [0.05, 0.1) is 12.0 Å². The van der Waals surface area contributed by atoms with Crippen LogP contribution in [0.25, 0.3) is 0 Å². The number of allylic oxidation sites excluding steroid dienone is 6. The number of hydrogen-bond donors (Lipinski definition) is 3. The van der Waals surface area contributed by atoms with E-state index < -0.39 is 18.0 Å². The van der Waals surface area contributed by atoms with Gasteiger partial charge in [-0.05, 0) is 50.9 Å². The molecule has 0 amide bonds. The van der Waals surface area contributed by atoms with Gasteiger partial charge in [-0.15, -0.1) is 0 Å². The van der Waals surface area contributed by atoms with E-state index in [2.05, 4.69) is 50.3 Å². The summed E-state index contributed by atoms with van der Waals surface area (Å²) in [5.41, 5.74) is 0. The van der Waals surface area contributed by atoms with Crippen molar-refractivity contribution in [1.82, 2.24) is 0 Å². The molecule has 0 bridgehead atoms. The Morgan fingerprint density at radius 3 is 2.08 bits per heavy atom. The molecule has 0 fully saturated rings. The molecule has 26 heavy (non-hydrogen) atoms. The molecule has 0 spiro atoms. The van der Waals surface area contributed by atoms with Gasteiger partial charge in [0, 0.05) is 6.61 Å². The van der Waals surface area contributed by atoms with Crippen molar-refractivity contribution in [3.63, 3.8) is 0 Å². The summed E-state index contributed by atoms with van der Waals surface area (Å²) in [4.78, 5) is 11.6. The minimum atomic E-state index is -0.984. The molecule has 0 rings (SSSR count). The lowest BCUT2D eigenvalue weighted by Gasteiger charge is -2.27. The van der Waals surface area contributed by atoms with E-state index in [-0.39, 0.29) is 18.9 Å². The van der Waals surface area contributed by atoms with Crippen molar-refractivity contribution in [3.8, 4) is 0 Å². The molecule has 0 aromatic rings. The highest BCUT2D eigenvalue weighted by molar-refractivity contribution is 5.71. The second-order valence-corrected chi connectivity index (χ2v) is 6.72. The number of aliphatic hydroxyl groups excluding tert-OH is 2. The molecule has 4 heteroatoms. The highest BCUT2D eigenvalue weighted by Gasteiger charge is 2.33. The quantitative estimate of drug-likeness (QED) is 0.340. The van der Waals surface area contributed by atoms with Gasteiger partial charge in [0.1, 0.15) is 0 Å². The maximum atomic E-state index is 11.6. The molecule has 0 radical (unpaired) electrons. The van der Waals surface area contributed by atoms with Gasteiger partial charge in [0.25, 0.3) is 0 Å². The smallest absolute Gasteiger partial charge is 0.309 e. The molecule has 0 aliphatic heterocycles. The molecule has 3 N–H and O–H groups in total. The number of aliphatic hydroxyl groups is 2. The zero-order chi connectivity index (χ0) is 19.6. The minimum absolute atomic E-state index is 0.0617. The molecule has 3 atom stereocenters. The van der Waals surface area contributed by atoms with Crippen molar-refractivity contribution in [3.05, 3.63) is 36.5 Å². The van der Waals surface area contributed by atoms with Crippen LogP contribution in [0.4, 0.5) is 0 Å². The van der Waals surface area contributed by atoms with E-state index in [0.29, 0.717) is 0 Å². The monoisotopic (exact) mass is 366 g/mol. The van der Waals surface area contributed by atoms with Gasteiger partial charge >= 0.3 is 5.97 Å². The van der Waals surface area contributed by atoms with E-state index in [1.807, 2.05) is 0 Å². The zero-order valence-corrected chi connectivity index (χ0v) is 16.5. The molecular weight excluding hydrogens is 328 g/mol. The van der Waals surface area contributed by atoms with Crippen LogP contribution >= 0.6 is 0 Å². The van der Waals surface area contributed by atoms with E-state index in [9.17, 15) is 15.0 Å². The van der Waals surface area contributed by atoms with E-state index in [1.54, 1.807) is 0 Å². The van der Waals surface area contributed by atoms with Crippen molar-refractivity contribution in [2.24, 2.45) is 11.8 Å². The number of carboxylic acids is 1. The van der Waals surface area contributed by atoms with Crippen LogP contribution in [0.1, 0.15) is 71.6 Å². The van der Waals surface area contributed by atoms with Gasteiger partial charge in [-0.3, -0.25) is 4.79 Å². The summed E-state index contributed by atoms with van der Waals surface area (Å²) in [6, 6.07) is 0. The van der Waals surface area contributed by atoms with Crippen LogP contribution in [-0.2, 0) is 4.79 Å². The van der Waals surface area contributed by atoms with Crippen LogP contribution in [-0.4, -0.2) is 34.0 Å². The Morgan fingerprint density at radius 1 is 0.923 bits per heavy atom. The molecule has 0 aromatic carbocycles. The molecular formula is C22H38O4. The minimum Gasteiger partial charge on any atom is -0.481 e. The first kappa shape index (κ1) is 24.6. The van der Waals surface area contributed by atoms with Gasteiger partial charge in [-0.25, -0.2) is 0 Å². The standard InChI is InChI=1S/C22H38O4/c1-3-5-7-8-9-10-11-12-13-14-16-19(15-6-4-2)21(22(25)26)20(24)17-18-23/h5,7,9-10,12-13,19-21,23-24H,3-4,6,8,11,14-18H2,1-2H3,(H,25,26)/b7-5-,10-9-,13-12-/t19-,20-,21?/m1/s1. The number of unbranched alkanes of at least 4 members (excludes halogenated alkanes) is 1. The first-order chi connectivity index (χ1) is 12.6. The highest BCUT2D eigenvalue weighted by atomic mass is 16.4. The Labute approximate surface area is 159 Å². The lowest BCUT2D eigenvalue weighted by molar-refractivity contribution is -0.149. The average molecular weight is 367 g/mol. The van der Waals surface area contributed by atoms with Crippen LogP contribution < -0.4 is 0 Å². The van der Waals surface area contributed by atoms with Crippen LogP contribution in [0.2, 0.25) is 0 Å². The first-order valence-electron chi connectivity index (χ1n) is 10.0. The third kappa shape index (κ3) is 12.0. The van der Waals surface area contributed by atoms with Crippen LogP contribution in [0.3, 0.4) is 0 Å². The van der Waals surface area contributed by atoms with Crippen molar-refractivity contribution in [2.45, 2.75) is 77.7 Å². The van der Waals surface area contributed by atoms with Gasteiger partial charge in [0.2, 0.25) is 0 Å². The summed E-state index contributed by atoms with van der Waals surface area (Å²) < 4.78 is 0. The van der Waals surface area contributed by atoms with E-state index in [4.69, 9.17) is 5.11 Å². The van der Waals surface area contributed by atoms with Crippen LogP contribution in [0.15, 0.2) is 36.5 Å². The summed E-state index contributed by atoms with van der Waals surface area (Å²) in [6.07, 6.45) is 19.2. The van der Waals surface area contributed by atoms with E-state index in [1.165, 1.54) is 0 Å².